The summed E-state index contributed by atoms with van der Waals surface area (Å²) < 4.78 is 5.48. The van der Waals surface area contributed by atoms with Crippen molar-refractivity contribution < 1.29 is 14.3 Å². The molecule has 4 rings (SSSR count). The molecule has 0 aliphatic carbocycles. The van der Waals surface area contributed by atoms with E-state index in [1.54, 1.807) is 17.4 Å². The van der Waals surface area contributed by atoms with Crippen LogP contribution in [0.3, 0.4) is 0 Å². The smallest absolute Gasteiger partial charge is 0.306 e. The molecule has 3 heterocycles. The maximum absolute atomic E-state index is 13.3. The molecule has 0 bridgehead atoms. The van der Waals surface area contributed by atoms with E-state index in [2.05, 4.69) is 43.3 Å². The Morgan fingerprint density at radius 2 is 1.84 bits per heavy atom. The Labute approximate surface area is 235 Å². The molecule has 1 amide bonds. The lowest BCUT2D eigenvalue weighted by Crippen LogP contribution is -2.41. The minimum absolute atomic E-state index is 0.0232. The largest absolute Gasteiger partial charge is 0.460 e. The van der Waals surface area contributed by atoms with Gasteiger partial charge in [0, 0.05) is 46.4 Å². The Bertz CT molecular complexity index is 1320. The van der Waals surface area contributed by atoms with Crippen LogP contribution >= 0.6 is 22.9 Å². The van der Waals surface area contributed by atoms with Gasteiger partial charge in [0.05, 0.1) is 11.4 Å². The predicted molar refractivity (Wildman–Crippen MR) is 156 cm³/mol. The van der Waals surface area contributed by atoms with Crippen molar-refractivity contribution in [2.24, 2.45) is 5.92 Å². The van der Waals surface area contributed by atoms with Crippen molar-refractivity contribution in [3.63, 3.8) is 0 Å². The van der Waals surface area contributed by atoms with E-state index >= 15 is 0 Å². The number of hydrogen-bond donors (Lipinski definition) is 0. The number of nitrogens with zero attached hydrogens (tertiary/aromatic N) is 2. The van der Waals surface area contributed by atoms with Crippen LogP contribution in [-0.2, 0) is 14.9 Å². The molecule has 1 atom stereocenters. The van der Waals surface area contributed by atoms with Crippen LogP contribution in [0.5, 0.6) is 0 Å². The van der Waals surface area contributed by atoms with Gasteiger partial charge in [0.15, 0.2) is 0 Å². The number of halogens is 1. The number of pyridine rings is 1. The minimum Gasteiger partial charge on any atom is -0.460 e. The first-order chi connectivity index (χ1) is 17.8. The molecular formula is C31H37ClN2O3S. The number of aromatic nitrogens is 1. The van der Waals surface area contributed by atoms with Crippen LogP contribution in [-0.4, -0.2) is 40.5 Å². The Morgan fingerprint density at radius 3 is 2.53 bits per heavy atom. The summed E-state index contributed by atoms with van der Waals surface area (Å²) in [7, 11) is 0. The van der Waals surface area contributed by atoms with Gasteiger partial charge in [-0.05, 0) is 86.4 Å². The number of likely N-dealkylation sites (tertiary alicyclic amines) is 1. The summed E-state index contributed by atoms with van der Waals surface area (Å²) in [5.41, 5.74) is 4.25. The molecule has 5 nitrogen and oxygen atoms in total. The maximum Gasteiger partial charge on any atom is 0.306 e. The molecule has 1 fully saturated rings. The summed E-state index contributed by atoms with van der Waals surface area (Å²) in [6.07, 6.45) is 3.97. The number of esters is 1. The number of thiophene rings is 1. The highest BCUT2D eigenvalue weighted by Crippen LogP contribution is 2.37. The molecule has 0 saturated carbocycles. The first kappa shape index (κ1) is 28.3. The van der Waals surface area contributed by atoms with Gasteiger partial charge < -0.3 is 9.64 Å². The number of amides is 1. The molecule has 0 radical (unpaired) electrons. The summed E-state index contributed by atoms with van der Waals surface area (Å²) in [4.78, 5) is 33.0. The first-order valence-corrected chi connectivity index (χ1v) is 14.4. The van der Waals surface area contributed by atoms with Crippen LogP contribution in [0.1, 0.15) is 76.9 Å². The second-order valence-electron chi connectivity index (χ2n) is 12.1. The fourth-order valence-corrected chi connectivity index (χ4v) is 6.01. The molecule has 1 aliphatic heterocycles. The molecule has 2 aromatic heterocycles. The molecule has 1 aromatic carbocycles. The molecular weight excluding hydrogens is 516 g/mol. The zero-order valence-corrected chi connectivity index (χ0v) is 24.7. The highest BCUT2D eigenvalue weighted by atomic mass is 35.5. The van der Waals surface area contributed by atoms with E-state index in [0.29, 0.717) is 30.1 Å². The van der Waals surface area contributed by atoms with Gasteiger partial charge in [0.25, 0.3) is 5.91 Å². The molecule has 1 unspecified atom stereocenters. The van der Waals surface area contributed by atoms with Crippen molar-refractivity contribution in [1.29, 1.82) is 0 Å². The van der Waals surface area contributed by atoms with Gasteiger partial charge in [0.1, 0.15) is 5.60 Å². The van der Waals surface area contributed by atoms with Crippen molar-refractivity contribution >= 4 is 34.8 Å². The first-order valence-electron chi connectivity index (χ1n) is 13.2. The number of ether oxygens (including phenoxy) is 1. The van der Waals surface area contributed by atoms with Gasteiger partial charge in [-0.1, -0.05) is 38.4 Å². The van der Waals surface area contributed by atoms with Gasteiger partial charge in [-0.15, -0.1) is 11.3 Å². The summed E-state index contributed by atoms with van der Waals surface area (Å²) in [6.45, 7) is 13.3. The quantitative estimate of drug-likeness (QED) is 0.301. The topological polar surface area (TPSA) is 59.5 Å². The lowest BCUT2D eigenvalue weighted by Gasteiger charge is -2.33. The number of hydrogen-bond acceptors (Lipinski definition) is 5. The van der Waals surface area contributed by atoms with E-state index in [9.17, 15) is 9.59 Å². The van der Waals surface area contributed by atoms with Crippen LogP contribution in [0.2, 0.25) is 5.02 Å². The Kier molecular flexibility index (Phi) is 8.34. The number of carbonyl (C=O) groups excluding carboxylic acids is 2. The van der Waals surface area contributed by atoms with E-state index in [1.165, 1.54) is 0 Å². The van der Waals surface area contributed by atoms with Crippen LogP contribution in [0.4, 0.5) is 0 Å². The van der Waals surface area contributed by atoms with E-state index in [-0.39, 0.29) is 23.2 Å². The number of piperidine rings is 1. The van der Waals surface area contributed by atoms with Crippen molar-refractivity contribution in [3.05, 3.63) is 64.3 Å². The van der Waals surface area contributed by atoms with Gasteiger partial charge in [-0.25, -0.2) is 0 Å². The number of benzene rings is 1. The maximum atomic E-state index is 13.3. The lowest BCUT2D eigenvalue weighted by molar-refractivity contribution is -0.156. The highest BCUT2D eigenvalue weighted by Gasteiger charge is 2.28. The van der Waals surface area contributed by atoms with E-state index < -0.39 is 5.60 Å². The monoisotopic (exact) mass is 552 g/mol. The molecule has 38 heavy (non-hydrogen) atoms. The zero-order valence-electron chi connectivity index (χ0n) is 23.1. The van der Waals surface area contributed by atoms with E-state index in [0.717, 1.165) is 40.1 Å². The molecule has 0 spiro atoms. The third-order valence-electron chi connectivity index (χ3n) is 6.62. The van der Waals surface area contributed by atoms with Crippen LogP contribution in [0.15, 0.2) is 48.0 Å². The molecule has 202 valence electrons. The predicted octanol–water partition coefficient (Wildman–Crippen LogP) is 8.01. The van der Waals surface area contributed by atoms with Crippen molar-refractivity contribution in [3.8, 4) is 21.6 Å². The van der Waals surface area contributed by atoms with Gasteiger partial charge in [-0.2, -0.15) is 0 Å². The highest BCUT2D eigenvalue weighted by molar-refractivity contribution is 7.14. The van der Waals surface area contributed by atoms with Gasteiger partial charge in [0.2, 0.25) is 0 Å². The lowest BCUT2D eigenvalue weighted by atomic mass is 9.90. The Morgan fingerprint density at radius 1 is 1.08 bits per heavy atom. The third-order valence-corrected chi connectivity index (χ3v) is 7.90. The second-order valence-corrected chi connectivity index (χ2v) is 13.4. The minimum atomic E-state index is -0.503. The van der Waals surface area contributed by atoms with E-state index in [4.69, 9.17) is 16.3 Å². The van der Waals surface area contributed by atoms with Crippen molar-refractivity contribution in [1.82, 2.24) is 9.88 Å². The average Bonchev–Trinajstić information content (AvgIpc) is 3.32. The zero-order chi connectivity index (χ0) is 27.7. The molecule has 7 heteroatoms. The average molecular weight is 553 g/mol. The number of carbonyl (C=O) groups is 2. The summed E-state index contributed by atoms with van der Waals surface area (Å²) in [5.74, 6) is -0.152. The normalized spacial score (nSPS) is 16.4. The molecule has 0 N–H and O–H groups in total. The molecule has 1 saturated heterocycles. The fourth-order valence-electron chi connectivity index (χ4n) is 4.71. The standard InChI is InChI=1S/C31H37ClN2O3S/c1-30(2,3)27-17-21(11-12-33-27)23-16-26(38-19-23)24-10-9-22(15-25(24)32)29(36)34-13-7-8-20(18-34)14-28(35)37-31(4,5)6/h9-12,15-17,19-20H,7-8,13-14,18H2,1-6H3. The Hall–Kier alpha value is -2.70. The summed E-state index contributed by atoms with van der Waals surface area (Å²) >= 11 is 8.34. The van der Waals surface area contributed by atoms with Gasteiger partial charge >= 0.3 is 5.97 Å². The Balaban J connectivity index is 1.46. The van der Waals surface area contributed by atoms with Gasteiger partial charge in [-0.3, -0.25) is 14.6 Å². The number of rotatable bonds is 5. The van der Waals surface area contributed by atoms with Crippen LogP contribution < -0.4 is 0 Å². The van der Waals surface area contributed by atoms with Crippen molar-refractivity contribution in [2.45, 2.75) is 71.8 Å². The summed E-state index contributed by atoms with van der Waals surface area (Å²) in [6, 6.07) is 11.9. The molecule has 3 aromatic rings. The summed E-state index contributed by atoms with van der Waals surface area (Å²) in [5, 5.41) is 2.68. The molecule has 1 aliphatic rings. The van der Waals surface area contributed by atoms with Crippen LogP contribution in [0, 0.1) is 5.92 Å². The van der Waals surface area contributed by atoms with Crippen molar-refractivity contribution in [2.75, 3.05) is 13.1 Å². The third kappa shape index (κ3) is 7.03. The van der Waals surface area contributed by atoms with E-state index in [1.807, 2.05) is 50.1 Å². The van der Waals surface area contributed by atoms with Crippen LogP contribution in [0.25, 0.3) is 21.6 Å². The SMILES string of the molecule is CC(C)(C)OC(=O)CC1CCCN(C(=O)c2ccc(-c3cc(-c4ccnc(C(C)(C)C)c4)cs3)c(Cl)c2)C1. The fraction of sp³-hybridized carbons (Fsp3) is 0.452. The second kappa shape index (κ2) is 11.2.